The molecular formula is C5H11NO2S. The number of nitrogens with two attached hydrogens (primary N) is 1. The number of sulfone groups is 1. The molecule has 0 aromatic rings. The van der Waals surface area contributed by atoms with Gasteiger partial charge in [0.1, 0.15) is 0 Å². The van der Waals surface area contributed by atoms with Crippen molar-refractivity contribution < 1.29 is 8.42 Å². The van der Waals surface area contributed by atoms with Gasteiger partial charge in [-0.1, -0.05) is 6.08 Å². The first-order valence-corrected chi connectivity index (χ1v) is 4.51. The van der Waals surface area contributed by atoms with Crippen LogP contribution in [-0.2, 0) is 9.84 Å². The highest BCUT2D eigenvalue weighted by Gasteiger charge is 1.92. The molecule has 0 rings (SSSR count). The molecule has 0 aliphatic rings. The van der Waals surface area contributed by atoms with Crippen molar-refractivity contribution in [3.63, 3.8) is 0 Å². The third-order valence-corrected chi connectivity index (χ3v) is 1.28. The SMILES string of the molecule is C[C@@H](N)/C=C\S(C)(=O)=O. The molecule has 1 atom stereocenters. The zero-order valence-corrected chi connectivity index (χ0v) is 6.35. The Morgan fingerprint density at radius 2 is 2.00 bits per heavy atom. The largest absolute Gasteiger partial charge is 0.325 e. The van der Waals surface area contributed by atoms with Crippen LogP contribution in [-0.4, -0.2) is 20.7 Å². The third-order valence-electron chi connectivity index (χ3n) is 0.629. The monoisotopic (exact) mass is 149 g/mol. The molecule has 2 N–H and O–H groups in total. The lowest BCUT2D eigenvalue weighted by Gasteiger charge is -1.91. The predicted octanol–water partition coefficient (Wildman–Crippen LogP) is -0.108. The van der Waals surface area contributed by atoms with Crippen LogP contribution >= 0.6 is 0 Å². The summed E-state index contributed by atoms with van der Waals surface area (Å²) in [5.41, 5.74) is 5.25. The van der Waals surface area contributed by atoms with Crippen LogP contribution < -0.4 is 5.73 Å². The Labute approximate surface area is 55.5 Å². The summed E-state index contributed by atoms with van der Waals surface area (Å²) in [6.07, 6.45) is 2.57. The van der Waals surface area contributed by atoms with Crippen LogP contribution in [0.5, 0.6) is 0 Å². The van der Waals surface area contributed by atoms with Crippen molar-refractivity contribution in [1.82, 2.24) is 0 Å². The fourth-order valence-electron chi connectivity index (χ4n) is 0.267. The van der Waals surface area contributed by atoms with E-state index in [1.807, 2.05) is 0 Å². The molecule has 0 radical (unpaired) electrons. The van der Waals surface area contributed by atoms with Gasteiger partial charge in [-0.3, -0.25) is 0 Å². The summed E-state index contributed by atoms with van der Waals surface area (Å²) in [4.78, 5) is 0. The maximum absolute atomic E-state index is 10.4. The Kier molecular flexibility index (Phi) is 2.87. The van der Waals surface area contributed by atoms with Crippen molar-refractivity contribution in [2.24, 2.45) is 5.73 Å². The molecule has 0 aliphatic carbocycles. The number of rotatable bonds is 2. The lowest BCUT2D eigenvalue weighted by Crippen LogP contribution is -2.10. The molecule has 0 saturated heterocycles. The predicted molar refractivity (Wildman–Crippen MR) is 37.6 cm³/mol. The van der Waals surface area contributed by atoms with Gasteiger partial charge in [0, 0.05) is 17.7 Å². The first kappa shape index (κ1) is 8.65. The minimum Gasteiger partial charge on any atom is -0.325 e. The van der Waals surface area contributed by atoms with E-state index in [2.05, 4.69) is 0 Å². The van der Waals surface area contributed by atoms with Gasteiger partial charge in [0.25, 0.3) is 0 Å². The molecule has 0 heterocycles. The standard InChI is InChI=1S/C5H11NO2S/c1-5(6)3-4-9(2,7)8/h3-5H,6H2,1-2H3/b4-3-/t5-/m1/s1. The molecule has 0 aromatic carbocycles. The molecular weight excluding hydrogens is 138 g/mol. The summed E-state index contributed by atoms with van der Waals surface area (Å²) in [5, 5.41) is 1.11. The second kappa shape index (κ2) is 2.98. The minimum absolute atomic E-state index is 0.195. The summed E-state index contributed by atoms with van der Waals surface area (Å²) in [7, 11) is -2.98. The van der Waals surface area contributed by atoms with Crippen LogP contribution in [0.1, 0.15) is 6.92 Å². The molecule has 0 aliphatic heterocycles. The van der Waals surface area contributed by atoms with Gasteiger partial charge in [0.2, 0.25) is 0 Å². The van der Waals surface area contributed by atoms with Gasteiger partial charge in [0.15, 0.2) is 9.84 Å². The van der Waals surface area contributed by atoms with E-state index in [9.17, 15) is 8.42 Å². The highest BCUT2D eigenvalue weighted by atomic mass is 32.2. The van der Waals surface area contributed by atoms with Crippen molar-refractivity contribution in [3.8, 4) is 0 Å². The molecule has 0 spiro atoms. The third kappa shape index (κ3) is 7.65. The maximum Gasteiger partial charge on any atom is 0.168 e. The zero-order valence-electron chi connectivity index (χ0n) is 5.53. The topological polar surface area (TPSA) is 60.2 Å². The van der Waals surface area contributed by atoms with Gasteiger partial charge >= 0.3 is 0 Å². The minimum atomic E-state index is -2.98. The summed E-state index contributed by atoms with van der Waals surface area (Å²) in [6.45, 7) is 1.71. The Morgan fingerprint density at radius 3 is 2.11 bits per heavy atom. The maximum atomic E-state index is 10.4. The molecule has 54 valence electrons. The van der Waals surface area contributed by atoms with Gasteiger partial charge in [-0.15, -0.1) is 0 Å². The molecule has 0 bridgehead atoms. The van der Waals surface area contributed by atoms with Crippen molar-refractivity contribution >= 4 is 9.84 Å². The molecule has 0 saturated carbocycles. The highest BCUT2D eigenvalue weighted by Crippen LogP contribution is 1.86. The van der Waals surface area contributed by atoms with E-state index in [4.69, 9.17) is 5.73 Å². The van der Waals surface area contributed by atoms with Crippen LogP contribution in [0, 0.1) is 0 Å². The fraction of sp³-hybridized carbons (Fsp3) is 0.600. The van der Waals surface area contributed by atoms with E-state index in [0.29, 0.717) is 0 Å². The Balaban J connectivity index is 4.03. The van der Waals surface area contributed by atoms with E-state index in [1.165, 1.54) is 6.08 Å². The number of hydrogen-bond donors (Lipinski definition) is 1. The van der Waals surface area contributed by atoms with Gasteiger partial charge < -0.3 is 5.73 Å². The quantitative estimate of drug-likeness (QED) is 0.596. The van der Waals surface area contributed by atoms with Gasteiger partial charge in [-0.25, -0.2) is 8.42 Å². The Morgan fingerprint density at radius 1 is 1.56 bits per heavy atom. The first-order chi connectivity index (χ1) is 3.92. The van der Waals surface area contributed by atoms with Crippen molar-refractivity contribution in [2.45, 2.75) is 13.0 Å². The van der Waals surface area contributed by atoms with Crippen molar-refractivity contribution in [1.29, 1.82) is 0 Å². The molecule has 9 heavy (non-hydrogen) atoms. The van der Waals surface area contributed by atoms with Gasteiger partial charge in [-0.05, 0) is 6.92 Å². The Bertz CT molecular complexity index is 191. The first-order valence-electron chi connectivity index (χ1n) is 2.55. The van der Waals surface area contributed by atoms with Gasteiger partial charge in [-0.2, -0.15) is 0 Å². The summed E-state index contributed by atoms with van der Waals surface area (Å²) in [6, 6.07) is -0.195. The average molecular weight is 149 g/mol. The second-order valence-electron chi connectivity index (χ2n) is 2.02. The molecule has 4 heteroatoms. The number of hydrogen-bond acceptors (Lipinski definition) is 3. The Hall–Kier alpha value is -0.350. The summed E-state index contributed by atoms with van der Waals surface area (Å²) < 4.78 is 20.8. The second-order valence-corrected chi connectivity index (χ2v) is 3.95. The summed E-state index contributed by atoms with van der Waals surface area (Å²) in [5.74, 6) is 0. The van der Waals surface area contributed by atoms with Crippen molar-refractivity contribution in [2.75, 3.05) is 6.26 Å². The van der Waals surface area contributed by atoms with Crippen LogP contribution in [0.3, 0.4) is 0 Å². The lowest BCUT2D eigenvalue weighted by molar-refractivity contribution is 0.610. The highest BCUT2D eigenvalue weighted by molar-refractivity contribution is 7.93. The van der Waals surface area contributed by atoms with E-state index in [0.717, 1.165) is 11.7 Å². The average Bonchev–Trinajstić information content (AvgIpc) is 1.59. The lowest BCUT2D eigenvalue weighted by atomic mass is 10.4. The van der Waals surface area contributed by atoms with E-state index >= 15 is 0 Å². The van der Waals surface area contributed by atoms with Crippen LogP contribution in [0.2, 0.25) is 0 Å². The van der Waals surface area contributed by atoms with E-state index in [-0.39, 0.29) is 6.04 Å². The molecule has 0 fully saturated rings. The van der Waals surface area contributed by atoms with Crippen LogP contribution in [0.15, 0.2) is 11.5 Å². The normalized spacial score (nSPS) is 16.3. The molecule has 0 aromatic heterocycles. The fourth-order valence-corrected chi connectivity index (χ4v) is 0.800. The van der Waals surface area contributed by atoms with Crippen LogP contribution in [0.4, 0.5) is 0 Å². The summed E-state index contributed by atoms with van der Waals surface area (Å²) >= 11 is 0. The molecule has 3 nitrogen and oxygen atoms in total. The van der Waals surface area contributed by atoms with E-state index < -0.39 is 9.84 Å². The molecule has 0 unspecified atom stereocenters. The van der Waals surface area contributed by atoms with E-state index in [1.54, 1.807) is 6.92 Å². The smallest absolute Gasteiger partial charge is 0.168 e. The molecule has 0 amide bonds. The van der Waals surface area contributed by atoms with Gasteiger partial charge in [0.05, 0.1) is 0 Å². The van der Waals surface area contributed by atoms with Crippen LogP contribution in [0.25, 0.3) is 0 Å². The van der Waals surface area contributed by atoms with Crippen molar-refractivity contribution in [3.05, 3.63) is 11.5 Å². The zero-order chi connectivity index (χ0) is 7.49.